The molecule has 2 aromatic heterocycles. The summed E-state index contributed by atoms with van der Waals surface area (Å²) >= 11 is 0. The van der Waals surface area contributed by atoms with Gasteiger partial charge in [0, 0.05) is 32.4 Å². The van der Waals surface area contributed by atoms with Crippen LogP contribution >= 0.6 is 0 Å². The molecule has 1 amide bonds. The van der Waals surface area contributed by atoms with Crippen LogP contribution in [0.5, 0.6) is 0 Å². The highest BCUT2D eigenvalue weighted by atomic mass is 19.1. The van der Waals surface area contributed by atoms with Gasteiger partial charge < -0.3 is 20.5 Å². The van der Waals surface area contributed by atoms with E-state index in [1.165, 1.54) is 6.07 Å². The van der Waals surface area contributed by atoms with Gasteiger partial charge in [-0.05, 0) is 30.7 Å². The number of anilines is 2. The molecular formula is C18H19FN6O. The van der Waals surface area contributed by atoms with E-state index in [0.717, 1.165) is 43.6 Å². The zero-order valence-electron chi connectivity index (χ0n) is 14.4. The number of halogens is 1. The van der Waals surface area contributed by atoms with E-state index in [-0.39, 0.29) is 5.56 Å². The minimum absolute atomic E-state index is 0.0882. The molecule has 0 unspecified atom stereocenters. The van der Waals surface area contributed by atoms with Crippen LogP contribution in [-0.2, 0) is 0 Å². The Bertz CT molecular complexity index is 977. The van der Waals surface area contributed by atoms with E-state index in [2.05, 4.69) is 24.8 Å². The summed E-state index contributed by atoms with van der Waals surface area (Å²) < 4.78 is 13.7. The van der Waals surface area contributed by atoms with Crippen molar-refractivity contribution < 1.29 is 9.18 Å². The number of primary amides is 1. The van der Waals surface area contributed by atoms with Crippen LogP contribution in [0.25, 0.3) is 11.0 Å². The molecule has 1 saturated heterocycles. The topological polar surface area (TPSA) is 91.1 Å². The van der Waals surface area contributed by atoms with E-state index >= 15 is 0 Å². The maximum absolute atomic E-state index is 13.7. The van der Waals surface area contributed by atoms with Crippen LogP contribution < -0.4 is 15.5 Å². The minimum Gasteiger partial charge on any atom is -0.366 e. The lowest BCUT2D eigenvalue weighted by Crippen LogP contribution is -2.47. The van der Waals surface area contributed by atoms with Crippen molar-refractivity contribution in [1.82, 2.24) is 15.0 Å². The Morgan fingerprint density at radius 2 is 1.96 bits per heavy atom. The molecule has 3 heterocycles. The first-order valence-corrected chi connectivity index (χ1v) is 8.43. The van der Waals surface area contributed by atoms with Crippen molar-refractivity contribution in [3.05, 3.63) is 47.4 Å². The summed E-state index contributed by atoms with van der Waals surface area (Å²) in [6, 6.07) is 6.43. The van der Waals surface area contributed by atoms with E-state index in [1.807, 2.05) is 19.1 Å². The van der Waals surface area contributed by atoms with E-state index in [0.29, 0.717) is 17.0 Å². The smallest absolute Gasteiger partial charge is 0.251 e. The van der Waals surface area contributed by atoms with Crippen molar-refractivity contribution in [3.8, 4) is 0 Å². The van der Waals surface area contributed by atoms with Gasteiger partial charge in [0.1, 0.15) is 17.2 Å². The number of hydrogen-bond donors (Lipinski definition) is 2. The normalized spacial score (nSPS) is 14.8. The summed E-state index contributed by atoms with van der Waals surface area (Å²) in [5.41, 5.74) is 7.45. The lowest BCUT2D eigenvalue weighted by molar-refractivity contribution is 0.100. The summed E-state index contributed by atoms with van der Waals surface area (Å²) in [7, 11) is 0. The van der Waals surface area contributed by atoms with E-state index in [9.17, 15) is 9.18 Å². The number of amides is 1. The van der Waals surface area contributed by atoms with E-state index in [1.54, 1.807) is 6.20 Å². The highest BCUT2D eigenvalue weighted by Gasteiger charge is 2.22. The lowest BCUT2D eigenvalue weighted by atomic mass is 10.1. The van der Waals surface area contributed by atoms with Gasteiger partial charge in [-0.2, -0.15) is 0 Å². The molecule has 0 saturated carbocycles. The largest absolute Gasteiger partial charge is 0.366 e. The molecule has 8 heteroatoms. The Hall–Kier alpha value is -3.16. The standard InChI is InChI=1S/C18H19FN6O/c1-11-3-2-4-21-17(11)24-5-7-25(8-6-24)18-22-14-10-12(19)9-13(16(20)26)15(14)23-18/h2-4,9-10H,5-8H2,1H3,(H2,20,26)(H,22,23). The molecule has 1 fully saturated rings. The monoisotopic (exact) mass is 354 g/mol. The number of aromatic amines is 1. The van der Waals surface area contributed by atoms with Crippen LogP contribution in [0.2, 0.25) is 0 Å². The molecule has 0 aliphatic carbocycles. The molecule has 7 nitrogen and oxygen atoms in total. The molecule has 1 aliphatic rings. The van der Waals surface area contributed by atoms with Gasteiger partial charge in [0.2, 0.25) is 5.95 Å². The molecule has 0 spiro atoms. The SMILES string of the molecule is Cc1cccnc1N1CCN(c2nc3c(C(N)=O)cc(F)cc3[nH]2)CC1. The number of carbonyl (C=O) groups is 1. The predicted molar refractivity (Wildman–Crippen MR) is 98.0 cm³/mol. The summed E-state index contributed by atoms with van der Waals surface area (Å²) in [6.07, 6.45) is 1.80. The van der Waals surface area contributed by atoms with Crippen molar-refractivity contribution in [1.29, 1.82) is 0 Å². The molecule has 0 atom stereocenters. The summed E-state index contributed by atoms with van der Waals surface area (Å²) in [5.74, 6) is 0.403. The summed E-state index contributed by atoms with van der Waals surface area (Å²) in [4.78, 5) is 27.9. The van der Waals surface area contributed by atoms with Gasteiger partial charge in [0.25, 0.3) is 5.91 Å². The number of aromatic nitrogens is 3. The van der Waals surface area contributed by atoms with Crippen LogP contribution in [0, 0.1) is 12.7 Å². The van der Waals surface area contributed by atoms with Crippen molar-refractivity contribution in [2.45, 2.75) is 6.92 Å². The summed E-state index contributed by atoms with van der Waals surface area (Å²) in [5, 5.41) is 0. The number of nitrogens with one attached hydrogen (secondary N) is 1. The van der Waals surface area contributed by atoms with Crippen LogP contribution in [-0.4, -0.2) is 47.0 Å². The van der Waals surface area contributed by atoms with Crippen molar-refractivity contribution in [3.63, 3.8) is 0 Å². The number of pyridine rings is 1. The van der Waals surface area contributed by atoms with Crippen LogP contribution in [0.1, 0.15) is 15.9 Å². The zero-order valence-corrected chi connectivity index (χ0v) is 14.4. The van der Waals surface area contributed by atoms with Gasteiger partial charge in [-0.15, -0.1) is 0 Å². The maximum atomic E-state index is 13.7. The molecule has 3 N–H and O–H groups in total. The predicted octanol–water partition coefficient (Wildman–Crippen LogP) is 1.83. The van der Waals surface area contributed by atoms with E-state index < -0.39 is 11.7 Å². The number of aryl methyl sites for hydroxylation is 1. The number of hydrogen-bond acceptors (Lipinski definition) is 5. The van der Waals surface area contributed by atoms with Crippen LogP contribution in [0.4, 0.5) is 16.2 Å². The first kappa shape index (κ1) is 16.3. The number of nitrogens with zero attached hydrogens (tertiary/aromatic N) is 4. The first-order chi connectivity index (χ1) is 12.5. The average molecular weight is 354 g/mol. The molecule has 134 valence electrons. The number of nitrogens with two attached hydrogens (primary N) is 1. The van der Waals surface area contributed by atoms with Gasteiger partial charge in [-0.25, -0.2) is 14.4 Å². The quantitative estimate of drug-likeness (QED) is 0.749. The third-order valence-corrected chi connectivity index (χ3v) is 4.66. The molecule has 0 radical (unpaired) electrons. The van der Waals surface area contributed by atoms with Crippen LogP contribution in [0.3, 0.4) is 0 Å². The van der Waals surface area contributed by atoms with Gasteiger partial charge in [-0.3, -0.25) is 4.79 Å². The third-order valence-electron chi connectivity index (χ3n) is 4.66. The highest BCUT2D eigenvalue weighted by Crippen LogP contribution is 2.24. The Labute approximate surface area is 149 Å². The number of H-pyrrole nitrogens is 1. The molecule has 1 aromatic carbocycles. The second-order valence-corrected chi connectivity index (χ2v) is 6.39. The van der Waals surface area contributed by atoms with Crippen molar-refractivity contribution in [2.75, 3.05) is 36.0 Å². The van der Waals surface area contributed by atoms with Gasteiger partial charge in [0.05, 0.1) is 11.1 Å². The molecule has 26 heavy (non-hydrogen) atoms. The fraction of sp³-hybridized carbons (Fsp3) is 0.278. The third kappa shape index (κ3) is 2.83. The number of carbonyl (C=O) groups excluding carboxylic acids is 1. The Balaban J connectivity index is 1.57. The average Bonchev–Trinajstić information content (AvgIpc) is 3.05. The molecule has 0 bridgehead atoms. The lowest BCUT2D eigenvalue weighted by Gasteiger charge is -2.35. The Kier molecular flexibility index (Phi) is 3.95. The Morgan fingerprint density at radius 3 is 2.65 bits per heavy atom. The maximum Gasteiger partial charge on any atom is 0.251 e. The van der Waals surface area contributed by atoms with Gasteiger partial charge in [-0.1, -0.05) is 6.07 Å². The zero-order chi connectivity index (χ0) is 18.3. The first-order valence-electron chi connectivity index (χ1n) is 8.43. The number of rotatable bonds is 3. The van der Waals surface area contributed by atoms with Crippen molar-refractivity contribution >= 4 is 28.7 Å². The van der Waals surface area contributed by atoms with Crippen molar-refractivity contribution in [2.24, 2.45) is 5.73 Å². The second kappa shape index (κ2) is 6.29. The van der Waals surface area contributed by atoms with Gasteiger partial charge in [0.15, 0.2) is 0 Å². The second-order valence-electron chi connectivity index (χ2n) is 6.39. The summed E-state index contributed by atoms with van der Waals surface area (Å²) in [6.45, 7) is 5.13. The molecule has 1 aliphatic heterocycles. The molecular weight excluding hydrogens is 335 g/mol. The number of piperazine rings is 1. The Morgan fingerprint density at radius 1 is 1.23 bits per heavy atom. The number of benzene rings is 1. The minimum atomic E-state index is -0.692. The molecule has 4 rings (SSSR count). The van der Waals surface area contributed by atoms with Gasteiger partial charge >= 0.3 is 0 Å². The van der Waals surface area contributed by atoms with E-state index in [4.69, 9.17) is 5.73 Å². The number of fused-ring (bicyclic) bond motifs is 1. The van der Waals surface area contributed by atoms with Crippen LogP contribution in [0.15, 0.2) is 30.5 Å². The fourth-order valence-electron chi connectivity index (χ4n) is 3.35. The fourth-order valence-corrected chi connectivity index (χ4v) is 3.35. The number of imidazole rings is 1. The molecule has 3 aromatic rings. The highest BCUT2D eigenvalue weighted by molar-refractivity contribution is 6.04.